The Balaban J connectivity index is 1.88. The molecule has 132 valence electrons. The zero-order valence-corrected chi connectivity index (χ0v) is 15.2. The lowest BCUT2D eigenvalue weighted by atomic mass is 9.87. The van der Waals surface area contributed by atoms with Crippen LogP contribution in [-0.2, 0) is 4.79 Å². The number of rotatable bonds is 6. The number of carbonyl (C=O) groups excluding carboxylic acids is 1. The maximum absolute atomic E-state index is 12.5. The van der Waals surface area contributed by atoms with Crippen LogP contribution in [0.15, 0.2) is 36.9 Å². The minimum absolute atomic E-state index is 0.00612. The number of piperidine rings is 1. The van der Waals surface area contributed by atoms with Gasteiger partial charge in [-0.05, 0) is 50.8 Å². The van der Waals surface area contributed by atoms with Gasteiger partial charge in [-0.2, -0.15) is 0 Å². The van der Waals surface area contributed by atoms with Crippen LogP contribution in [0.2, 0.25) is 5.02 Å². The van der Waals surface area contributed by atoms with E-state index in [1.807, 2.05) is 38.1 Å². The number of amides is 1. The average Bonchev–Trinajstić information content (AvgIpc) is 2.55. The summed E-state index contributed by atoms with van der Waals surface area (Å²) >= 11 is 5.90. The summed E-state index contributed by atoms with van der Waals surface area (Å²) in [6, 6.07) is 7.22. The molecule has 1 aromatic carbocycles. The molecule has 5 heteroatoms. The van der Waals surface area contributed by atoms with E-state index in [1.165, 1.54) is 0 Å². The normalized spacial score (nSPS) is 20.2. The molecule has 2 rings (SSSR count). The Morgan fingerprint density at radius 1 is 1.38 bits per heavy atom. The Bertz CT molecular complexity index is 565. The van der Waals surface area contributed by atoms with E-state index in [4.69, 9.17) is 11.6 Å². The van der Waals surface area contributed by atoms with E-state index in [2.05, 4.69) is 16.8 Å². The monoisotopic (exact) mass is 350 g/mol. The molecule has 1 fully saturated rings. The molecular formula is C19H27ClN2O2. The Kier molecular flexibility index (Phi) is 6.44. The maximum Gasteiger partial charge on any atom is 0.237 e. The quantitative estimate of drug-likeness (QED) is 0.774. The van der Waals surface area contributed by atoms with Gasteiger partial charge < -0.3 is 10.4 Å². The molecule has 2 atom stereocenters. The van der Waals surface area contributed by atoms with Crippen LogP contribution in [0.25, 0.3) is 0 Å². The van der Waals surface area contributed by atoms with Crippen molar-refractivity contribution in [3.8, 4) is 0 Å². The van der Waals surface area contributed by atoms with Crippen LogP contribution in [0.4, 0.5) is 0 Å². The Labute approximate surface area is 149 Å². The number of benzene rings is 1. The van der Waals surface area contributed by atoms with Crippen molar-refractivity contribution in [2.75, 3.05) is 13.1 Å². The molecule has 1 aromatic rings. The van der Waals surface area contributed by atoms with E-state index in [-0.39, 0.29) is 18.0 Å². The van der Waals surface area contributed by atoms with E-state index in [0.29, 0.717) is 37.4 Å². The van der Waals surface area contributed by atoms with E-state index in [1.54, 1.807) is 6.08 Å². The summed E-state index contributed by atoms with van der Waals surface area (Å²) in [5.74, 6) is 0.00612. The van der Waals surface area contributed by atoms with Gasteiger partial charge in [0.1, 0.15) is 0 Å². The predicted octanol–water partition coefficient (Wildman–Crippen LogP) is 3.31. The van der Waals surface area contributed by atoms with Crippen LogP contribution in [0, 0.1) is 0 Å². The first-order valence-corrected chi connectivity index (χ1v) is 8.85. The van der Waals surface area contributed by atoms with Gasteiger partial charge in [-0.1, -0.05) is 29.8 Å². The first-order chi connectivity index (χ1) is 11.3. The van der Waals surface area contributed by atoms with Gasteiger partial charge in [0.2, 0.25) is 5.91 Å². The summed E-state index contributed by atoms with van der Waals surface area (Å²) in [5, 5.41) is 14.2. The standard InChI is InChI=1S/C19H27ClN2O2/c1-4-9-19(24)10-12-22(13-11-19)15(3)18(23)21-14(2)16-5-7-17(20)8-6-16/h4-8,14-15,24H,1,9-13H2,2-3H3,(H,21,23). The number of carbonyl (C=O) groups is 1. The average molecular weight is 351 g/mol. The third-order valence-corrected chi connectivity index (χ3v) is 5.16. The smallest absolute Gasteiger partial charge is 0.237 e. The highest BCUT2D eigenvalue weighted by Gasteiger charge is 2.34. The van der Waals surface area contributed by atoms with E-state index in [9.17, 15) is 9.90 Å². The van der Waals surface area contributed by atoms with E-state index < -0.39 is 5.60 Å². The second-order valence-corrected chi connectivity index (χ2v) is 7.15. The summed E-state index contributed by atoms with van der Waals surface area (Å²) in [6.45, 7) is 9.02. The van der Waals surface area contributed by atoms with Crippen LogP contribution in [0.5, 0.6) is 0 Å². The zero-order valence-electron chi connectivity index (χ0n) is 14.5. The van der Waals surface area contributed by atoms with Crippen molar-refractivity contribution in [1.29, 1.82) is 0 Å². The number of nitrogens with zero attached hydrogens (tertiary/aromatic N) is 1. The minimum atomic E-state index is -0.662. The fourth-order valence-electron chi connectivity index (χ4n) is 3.13. The van der Waals surface area contributed by atoms with Crippen molar-refractivity contribution in [3.63, 3.8) is 0 Å². The summed E-state index contributed by atoms with van der Waals surface area (Å²) < 4.78 is 0. The second kappa shape index (κ2) is 8.15. The Hall–Kier alpha value is -1.36. The number of hydrogen-bond donors (Lipinski definition) is 2. The van der Waals surface area contributed by atoms with E-state index in [0.717, 1.165) is 5.56 Å². The fourth-order valence-corrected chi connectivity index (χ4v) is 3.26. The molecule has 1 saturated heterocycles. The van der Waals surface area contributed by atoms with Crippen molar-refractivity contribution >= 4 is 17.5 Å². The molecule has 1 aliphatic heterocycles. The molecular weight excluding hydrogens is 324 g/mol. The summed E-state index contributed by atoms with van der Waals surface area (Å²) in [4.78, 5) is 14.6. The highest BCUT2D eigenvalue weighted by Crippen LogP contribution is 2.27. The third kappa shape index (κ3) is 4.82. The highest BCUT2D eigenvalue weighted by atomic mass is 35.5. The van der Waals surface area contributed by atoms with Crippen LogP contribution in [0.3, 0.4) is 0 Å². The van der Waals surface area contributed by atoms with Crippen LogP contribution >= 0.6 is 11.6 Å². The number of halogens is 1. The second-order valence-electron chi connectivity index (χ2n) is 6.71. The van der Waals surface area contributed by atoms with Crippen molar-refractivity contribution in [2.45, 2.75) is 50.8 Å². The topological polar surface area (TPSA) is 52.6 Å². The van der Waals surface area contributed by atoms with Gasteiger partial charge in [0.25, 0.3) is 0 Å². The Morgan fingerprint density at radius 2 is 1.96 bits per heavy atom. The van der Waals surface area contributed by atoms with Gasteiger partial charge in [0.05, 0.1) is 17.7 Å². The lowest BCUT2D eigenvalue weighted by molar-refractivity contribution is -0.128. The predicted molar refractivity (Wildman–Crippen MR) is 98.0 cm³/mol. The zero-order chi connectivity index (χ0) is 17.7. The van der Waals surface area contributed by atoms with Gasteiger partial charge in [0, 0.05) is 18.1 Å². The molecule has 0 saturated carbocycles. The molecule has 2 N–H and O–H groups in total. The molecule has 2 unspecified atom stereocenters. The van der Waals surface area contributed by atoms with Crippen molar-refractivity contribution in [3.05, 3.63) is 47.5 Å². The van der Waals surface area contributed by atoms with Crippen LogP contribution < -0.4 is 5.32 Å². The van der Waals surface area contributed by atoms with Crippen LogP contribution in [-0.4, -0.2) is 40.6 Å². The van der Waals surface area contributed by atoms with Gasteiger partial charge in [-0.3, -0.25) is 9.69 Å². The molecule has 0 aromatic heterocycles. The largest absolute Gasteiger partial charge is 0.389 e. The number of hydrogen-bond acceptors (Lipinski definition) is 3. The molecule has 4 nitrogen and oxygen atoms in total. The number of aliphatic hydroxyl groups is 1. The van der Waals surface area contributed by atoms with Gasteiger partial charge >= 0.3 is 0 Å². The molecule has 1 aliphatic rings. The lowest BCUT2D eigenvalue weighted by Crippen LogP contribution is -2.52. The molecule has 1 heterocycles. The fraction of sp³-hybridized carbons (Fsp3) is 0.526. The van der Waals surface area contributed by atoms with Crippen molar-refractivity contribution < 1.29 is 9.90 Å². The van der Waals surface area contributed by atoms with Crippen LogP contribution in [0.1, 0.15) is 44.7 Å². The molecule has 0 spiro atoms. The lowest BCUT2D eigenvalue weighted by Gasteiger charge is -2.40. The molecule has 0 radical (unpaired) electrons. The first-order valence-electron chi connectivity index (χ1n) is 8.48. The summed E-state index contributed by atoms with van der Waals surface area (Å²) in [7, 11) is 0. The Morgan fingerprint density at radius 3 is 2.50 bits per heavy atom. The summed E-state index contributed by atoms with van der Waals surface area (Å²) in [5.41, 5.74) is 0.365. The number of likely N-dealkylation sites (tertiary alicyclic amines) is 1. The summed E-state index contributed by atoms with van der Waals surface area (Å²) in [6.07, 6.45) is 3.71. The maximum atomic E-state index is 12.5. The van der Waals surface area contributed by atoms with Crippen molar-refractivity contribution in [1.82, 2.24) is 10.2 Å². The molecule has 24 heavy (non-hydrogen) atoms. The highest BCUT2D eigenvalue weighted by molar-refractivity contribution is 6.30. The third-order valence-electron chi connectivity index (χ3n) is 4.91. The van der Waals surface area contributed by atoms with Gasteiger partial charge in [-0.25, -0.2) is 0 Å². The molecule has 0 bridgehead atoms. The molecule has 1 amide bonds. The van der Waals surface area contributed by atoms with Gasteiger partial charge in [-0.15, -0.1) is 6.58 Å². The van der Waals surface area contributed by atoms with E-state index >= 15 is 0 Å². The minimum Gasteiger partial charge on any atom is -0.389 e. The number of nitrogens with one attached hydrogen (secondary N) is 1. The first kappa shape index (κ1) is 19.0. The van der Waals surface area contributed by atoms with Gasteiger partial charge in [0.15, 0.2) is 0 Å². The molecule has 0 aliphatic carbocycles. The van der Waals surface area contributed by atoms with Crippen molar-refractivity contribution in [2.24, 2.45) is 0 Å². The SMILES string of the molecule is C=CCC1(O)CCN(C(C)C(=O)NC(C)c2ccc(Cl)cc2)CC1.